The molecule has 1 aliphatic rings. The number of nitrogens with zero attached hydrogens (tertiary/aromatic N) is 1. The number of oxazole rings is 1. The molecule has 1 aromatic carbocycles. The van der Waals surface area contributed by atoms with Crippen LogP contribution in [-0.2, 0) is 11.2 Å². The van der Waals surface area contributed by atoms with Crippen molar-refractivity contribution in [1.82, 2.24) is 4.98 Å². The number of anilines is 1. The van der Waals surface area contributed by atoms with Gasteiger partial charge in [0.1, 0.15) is 5.52 Å². The summed E-state index contributed by atoms with van der Waals surface area (Å²) in [6.45, 7) is 2.59. The zero-order valence-electron chi connectivity index (χ0n) is 14.1. The highest BCUT2D eigenvalue weighted by molar-refractivity contribution is 5.93. The first-order valence-corrected chi connectivity index (χ1v) is 8.53. The van der Waals surface area contributed by atoms with Gasteiger partial charge in [-0.25, -0.2) is 4.98 Å². The highest BCUT2D eigenvalue weighted by atomic mass is 35.5. The van der Waals surface area contributed by atoms with Gasteiger partial charge in [0, 0.05) is 18.5 Å². The number of hydrogen-bond donors (Lipinski definition) is 2. The first kappa shape index (κ1) is 18.7. The molecule has 0 radical (unpaired) electrons. The van der Waals surface area contributed by atoms with Gasteiger partial charge in [0.25, 0.3) is 0 Å². The number of rotatable bonds is 5. The van der Waals surface area contributed by atoms with Crippen molar-refractivity contribution < 1.29 is 9.21 Å². The molecule has 0 atom stereocenters. The van der Waals surface area contributed by atoms with E-state index < -0.39 is 0 Å². The number of carbonyl (C=O) groups is 1. The lowest BCUT2D eigenvalue weighted by Crippen LogP contribution is -2.36. The number of nitrogens with one attached hydrogen (secondary N) is 1. The molecule has 0 spiro atoms. The summed E-state index contributed by atoms with van der Waals surface area (Å²) < 4.78 is 5.59. The summed E-state index contributed by atoms with van der Waals surface area (Å²) >= 11 is 0. The lowest BCUT2D eigenvalue weighted by molar-refractivity contribution is -0.118. The van der Waals surface area contributed by atoms with E-state index in [0.717, 1.165) is 36.0 Å². The highest BCUT2D eigenvalue weighted by Gasteiger charge is 2.32. The van der Waals surface area contributed by atoms with Gasteiger partial charge in [-0.1, -0.05) is 26.2 Å². The molecule has 1 aromatic heterocycles. The maximum Gasteiger partial charge on any atom is 0.224 e. The molecule has 0 aliphatic heterocycles. The van der Waals surface area contributed by atoms with E-state index in [9.17, 15) is 4.79 Å². The summed E-state index contributed by atoms with van der Waals surface area (Å²) in [5.74, 6) is 0.753. The fraction of sp³-hybridized carbons (Fsp3) is 0.556. The molecular formula is C18H26ClN3O2. The zero-order chi connectivity index (χ0) is 16.3. The summed E-state index contributed by atoms with van der Waals surface area (Å²) in [7, 11) is 0. The van der Waals surface area contributed by atoms with Gasteiger partial charge in [-0.05, 0) is 43.0 Å². The molecule has 1 aliphatic carbocycles. The quantitative estimate of drug-likeness (QED) is 0.851. The van der Waals surface area contributed by atoms with Crippen LogP contribution in [0.1, 0.15) is 51.3 Å². The van der Waals surface area contributed by atoms with E-state index in [1.54, 1.807) is 0 Å². The van der Waals surface area contributed by atoms with Crippen LogP contribution in [0.3, 0.4) is 0 Å². The summed E-state index contributed by atoms with van der Waals surface area (Å²) in [5, 5.41) is 2.99. The lowest BCUT2D eigenvalue weighted by atomic mass is 9.71. The van der Waals surface area contributed by atoms with E-state index in [1.807, 2.05) is 25.1 Å². The number of nitrogens with two attached hydrogens (primary N) is 1. The van der Waals surface area contributed by atoms with Crippen LogP contribution in [0.25, 0.3) is 11.1 Å². The molecule has 3 N–H and O–H groups in total. The van der Waals surface area contributed by atoms with E-state index in [4.69, 9.17) is 10.2 Å². The third-order valence-corrected chi connectivity index (χ3v) is 4.90. The molecule has 0 unspecified atom stereocenters. The van der Waals surface area contributed by atoms with Crippen LogP contribution in [0.15, 0.2) is 22.6 Å². The fourth-order valence-electron chi connectivity index (χ4n) is 3.50. The molecule has 5 nitrogen and oxygen atoms in total. The Morgan fingerprint density at radius 3 is 2.75 bits per heavy atom. The molecule has 1 fully saturated rings. The van der Waals surface area contributed by atoms with Crippen LogP contribution in [-0.4, -0.2) is 17.4 Å². The van der Waals surface area contributed by atoms with Crippen molar-refractivity contribution in [3.05, 3.63) is 24.1 Å². The topological polar surface area (TPSA) is 81.2 Å². The van der Waals surface area contributed by atoms with Crippen LogP contribution in [0.5, 0.6) is 0 Å². The third-order valence-electron chi connectivity index (χ3n) is 4.90. The second-order valence-corrected chi connectivity index (χ2v) is 6.63. The van der Waals surface area contributed by atoms with Crippen molar-refractivity contribution in [2.24, 2.45) is 11.1 Å². The summed E-state index contributed by atoms with van der Waals surface area (Å²) in [6, 6.07) is 5.59. The van der Waals surface area contributed by atoms with Crippen molar-refractivity contribution in [3.8, 4) is 0 Å². The van der Waals surface area contributed by atoms with Crippen LogP contribution in [0.2, 0.25) is 0 Å². The van der Waals surface area contributed by atoms with Crippen LogP contribution in [0.4, 0.5) is 5.69 Å². The number of fused-ring (bicyclic) bond motifs is 1. The smallest absolute Gasteiger partial charge is 0.224 e. The Kier molecular flexibility index (Phi) is 6.24. The molecule has 3 rings (SSSR count). The summed E-state index contributed by atoms with van der Waals surface area (Å²) in [6.07, 6.45) is 6.98. The maximum atomic E-state index is 12.4. The minimum atomic E-state index is -0.0181. The number of aryl methyl sites for hydroxylation is 1. The van der Waals surface area contributed by atoms with E-state index in [2.05, 4.69) is 10.3 Å². The Bertz CT molecular complexity index is 693. The Hall–Kier alpha value is -1.59. The second-order valence-electron chi connectivity index (χ2n) is 6.63. The van der Waals surface area contributed by atoms with Crippen molar-refractivity contribution in [3.63, 3.8) is 0 Å². The zero-order valence-corrected chi connectivity index (χ0v) is 15.0. The van der Waals surface area contributed by atoms with Gasteiger partial charge in [0.2, 0.25) is 5.91 Å². The summed E-state index contributed by atoms with van der Waals surface area (Å²) in [5.41, 5.74) is 8.26. The minimum Gasteiger partial charge on any atom is -0.441 e. The number of aromatic nitrogens is 1. The largest absolute Gasteiger partial charge is 0.441 e. The van der Waals surface area contributed by atoms with E-state index in [1.165, 1.54) is 19.3 Å². The van der Waals surface area contributed by atoms with Gasteiger partial charge in [-0.3, -0.25) is 4.79 Å². The van der Waals surface area contributed by atoms with Gasteiger partial charge < -0.3 is 15.5 Å². The average Bonchev–Trinajstić information content (AvgIpc) is 2.98. The van der Waals surface area contributed by atoms with Crippen LogP contribution < -0.4 is 11.1 Å². The molecule has 1 saturated carbocycles. The first-order valence-electron chi connectivity index (χ1n) is 8.53. The number of halogens is 1. The fourth-order valence-corrected chi connectivity index (χ4v) is 3.50. The molecule has 0 saturated heterocycles. The Morgan fingerprint density at radius 1 is 1.33 bits per heavy atom. The predicted octanol–water partition coefficient (Wildman–Crippen LogP) is 4.05. The van der Waals surface area contributed by atoms with Crippen molar-refractivity contribution in [1.29, 1.82) is 0 Å². The van der Waals surface area contributed by atoms with Gasteiger partial charge >= 0.3 is 0 Å². The normalized spacial score (nSPS) is 16.6. The molecule has 24 heavy (non-hydrogen) atoms. The Balaban J connectivity index is 0.00000208. The van der Waals surface area contributed by atoms with Gasteiger partial charge in [-0.2, -0.15) is 0 Å². The van der Waals surface area contributed by atoms with Gasteiger partial charge in [-0.15, -0.1) is 12.4 Å². The Morgan fingerprint density at radius 2 is 2.08 bits per heavy atom. The molecule has 132 valence electrons. The van der Waals surface area contributed by atoms with Crippen LogP contribution in [0, 0.1) is 5.41 Å². The number of hydrogen-bond acceptors (Lipinski definition) is 4. The number of carbonyl (C=O) groups excluding carboxylic acids is 1. The van der Waals surface area contributed by atoms with E-state index in [-0.39, 0.29) is 23.7 Å². The van der Waals surface area contributed by atoms with E-state index in [0.29, 0.717) is 18.9 Å². The SMILES string of the molecule is CCc1nc2cc(NC(=O)CC3(CN)CCCCC3)ccc2o1.Cl. The monoisotopic (exact) mass is 351 g/mol. The van der Waals surface area contributed by atoms with Crippen molar-refractivity contribution >= 4 is 35.1 Å². The van der Waals surface area contributed by atoms with Gasteiger partial charge in [0.05, 0.1) is 0 Å². The summed E-state index contributed by atoms with van der Waals surface area (Å²) in [4.78, 5) is 16.8. The molecule has 1 heterocycles. The van der Waals surface area contributed by atoms with Crippen LogP contribution >= 0.6 is 12.4 Å². The molecule has 1 amide bonds. The molecule has 6 heteroatoms. The molecule has 2 aromatic rings. The lowest BCUT2D eigenvalue weighted by Gasteiger charge is -2.35. The van der Waals surface area contributed by atoms with Crippen molar-refractivity contribution in [2.75, 3.05) is 11.9 Å². The standard InChI is InChI=1S/C18H25N3O2.ClH/c1-2-17-21-14-10-13(6-7-15(14)23-17)20-16(22)11-18(12-19)8-4-3-5-9-18;/h6-7,10H,2-5,8-9,11-12,19H2,1H3,(H,20,22);1H. The molecule has 0 bridgehead atoms. The third kappa shape index (κ3) is 4.08. The number of benzene rings is 1. The highest BCUT2D eigenvalue weighted by Crippen LogP contribution is 2.38. The minimum absolute atomic E-state index is 0. The predicted molar refractivity (Wildman–Crippen MR) is 98.5 cm³/mol. The second kappa shape index (κ2) is 7.99. The molecular weight excluding hydrogens is 326 g/mol. The van der Waals surface area contributed by atoms with Gasteiger partial charge in [0.15, 0.2) is 11.5 Å². The maximum absolute atomic E-state index is 12.4. The van der Waals surface area contributed by atoms with E-state index >= 15 is 0 Å². The first-order chi connectivity index (χ1) is 11.1. The van der Waals surface area contributed by atoms with Crippen molar-refractivity contribution in [2.45, 2.75) is 51.9 Å². The average molecular weight is 352 g/mol. The Labute approximate surface area is 148 Å². The number of amides is 1.